The number of fused-ring (bicyclic) bond motifs is 1. The summed E-state index contributed by atoms with van der Waals surface area (Å²) >= 11 is 1.38. The van der Waals surface area contributed by atoms with Crippen molar-refractivity contribution in [3.05, 3.63) is 78.1 Å². The molecule has 0 bridgehead atoms. The topological polar surface area (TPSA) is 107 Å². The van der Waals surface area contributed by atoms with Crippen LogP contribution in [0.3, 0.4) is 0 Å². The fourth-order valence-corrected chi connectivity index (χ4v) is 4.74. The number of thiazole rings is 1. The number of amides is 1. The van der Waals surface area contributed by atoms with Crippen LogP contribution >= 0.6 is 11.3 Å². The molecule has 0 radical (unpaired) electrons. The van der Waals surface area contributed by atoms with Crippen LogP contribution in [0.25, 0.3) is 16.3 Å². The fraction of sp³-hybridized carbons (Fsp3) is 0. The van der Waals surface area contributed by atoms with Crippen molar-refractivity contribution in [2.75, 3.05) is 11.1 Å². The molecule has 1 amide bonds. The van der Waals surface area contributed by atoms with Crippen molar-refractivity contribution in [3.63, 3.8) is 0 Å². The number of nitrogens with one attached hydrogen (secondary N) is 1. The number of nitrogens with zero attached hydrogens (tertiary/aromatic N) is 2. The Morgan fingerprint density at radius 2 is 2.00 bits per heavy atom. The molecule has 4 aromatic rings. The fourth-order valence-electron chi connectivity index (χ4n) is 2.72. The largest absolute Gasteiger partial charge is 0.397 e. The van der Waals surface area contributed by atoms with Crippen LogP contribution in [0.5, 0.6) is 0 Å². The van der Waals surface area contributed by atoms with E-state index in [4.69, 9.17) is 5.73 Å². The SMILES string of the molecule is Nc1ccccc1NC(=O)/C=C/c1ccn(S(=O)(=O)c2ccc3ncsc3c2)c1. The van der Waals surface area contributed by atoms with Crippen LogP contribution in [0.15, 0.2) is 77.4 Å². The summed E-state index contributed by atoms with van der Waals surface area (Å²) in [5, 5.41) is 2.68. The molecule has 0 atom stereocenters. The minimum Gasteiger partial charge on any atom is -0.397 e. The van der Waals surface area contributed by atoms with Gasteiger partial charge in [0.25, 0.3) is 10.0 Å². The second-order valence-electron chi connectivity index (χ2n) is 6.17. The highest BCUT2D eigenvalue weighted by molar-refractivity contribution is 7.90. The Balaban J connectivity index is 1.52. The quantitative estimate of drug-likeness (QED) is 0.376. The standard InChI is InChI=1S/C20H16N4O3S2/c21-16-3-1-2-4-17(16)23-20(25)8-5-14-9-10-24(12-14)29(26,27)15-6-7-18-19(11-15)28-13-22-18/h1-13H,21H2,(H,23,25)/b8-5+. The van der Waals surface area contributed by atoms with E-state index in [1.165, 1.54) is 41.9 Å². The first-order valence-corrected chi connectivity index (χ1v) is 10.9. The summed E-state index contributed by atoms with van der Waals surface area (Å²) in [5.74, 6) is -0.367. The van der Waals surface area contributed by atoms with E-state index in [1.54, 1.807) is 48.0 Å². The Hall–Kier alpha value is -3.43. The molecule has 3 N–H and O–H groups in total. The van der Waals surface area contributed by atoms with Gasteiger partial charge in [0.05, 0.1) is 32.0 Å². The first-order chi connectivity index (χ1) is 13.9. The maximum absolute atomic E-state index is 12.9. The normalized spacial score (nSPS) is 11.9. The number of rotatable bonds is 5. The predicted molar refractivity (Wildman–Crippen MR) is 115 cm³/mol. The van der Waals surface area contributed by atoms with Crippen LogP contribution in [-0.2, 0) is 14.8 Å². The molecule has 4 rings (SSSR count). The van der Waals surface area contributed by atoms with Gasteiger partial charge in [0.15, 0.2) is 0 Å². The number of aromatic nitrogens is 2. The lowest BCUT2D eigenvalue weighted by molar-refractivity contribution is -0.111. The Morgan fingerprint density at radius 1 is 1.17 bits per heavy atom. The third-order valence-electron chi connectivity index (χ3n) is 4.21. The summed E-state index contributed by atoms with van der Waals surface area (Å²) in [7, 11) is -3.74. The van der Waals surface area contributed by atoms with Gasteiger partial charge >= 0.3 is 0 Å². The molecule has 0 aliphatic rings. The van der Waals surface area contributed by atoms with Gasteiger partial charge < -0.3 is 11.1 Å². The van der Waals surface area contributed by atoms with Gasteiger partial charge in [-0.1, -0.05) is 12.1 Å². The summed E-state index contributed by atoms with van der Waals surface area (Å²) in [4.78, 5) is 16.4. The number of nitrogens with two attached hydrogens (primary N) is 1. The molecule has 0 unspecified atom stereocenters. The number of hydrogen-bond donors (Lipinski definition) is 2. The molecule has 7 nitrogen and oxygen atoms in total. The minimum absolute atomic E-state index is 0.178. The highest BCUT2D eigenvalue weighted by atomic mass is 32.2. The summed E-state index contributed by atoms with van der Waals surface area (Å²) in [6.07, 6.45) is 5.75. The van der Waals surface area contributed by atoms with E-state index in [0.717, 1.165) is 14.2 Å². The van der Waals surface area contributed by atoms with E-state index in [-0.39, 0.29) is 10.8 Å². The van der Waals surface area contributed by atoms with Gasteiger partial charge in [0.2, 0.25) is 5.91 Å². The van der Waals surface area contributed by atoms with Crippen molar-refractivity contribution in [2.24, 2.45) is 0 Å². The van der Waals surface area contributed by atoms with Crippen molar-refractivity contribution < 1.29 is 13.2 Å². The molecule has 0 saturated heterocycles. The number of benzene rings is 2. The van der Waals surface area contributed by atoms with Crippen molar-refractivity contribution in [2.45, 2.75) is 4.90 Å². The molecule has 0 aliphatic heterocycles. The average molecular weight is 425 g/mol. The number of carbonyl (C=O) groups is 1. The summed E-state index contributed by atoms with van der Waals surface area (Å²) in [6.45, 7) is 0. The first-order valence-electron chi connectivity index (χ1n) is 8.54. The van der Waals surface area contributed by atoms with E-state index in [0.29, 0.717) is 16.9 Å². The third-order valence-corrected chi connectivity index (χ3v) is 6.64. The minimum atomic E-state index is -3.74. The number of carbonyl (C=O) groups excluding carboxylic acids is 1. The first kappa shape index (κ1) is 18.9. The second kappa shape index (κ2) is 7.53. The van der Waals surface area contributed by atoms with E-state index in [1.807, 2.05) is 0 Å². The zero-order chi connectivity index (χ0) is 20.4. The molecule has 2 aromatic heterocycles. The summed E-state index contributed by atoms with van der Waals surface area (Å²) in [5.41, 5.74) is 9.78. The lowest BCUT2D eigenvalue weighted by atomic mass is 10.2. The molecule has 2 aromatic carbocycles. The van der Waals surface area contributed by atoms with Crippen LogP contribution in [0.2, 0.25) is 0 Å². The summed E-state index contributed by atoms with van der Waals surface area (Å²) < 4.78 is 27.6. The van der Waals surface area contributed by atoms with Gasteiger partial charge in [-0.25, -0.2) is 17.4 Å². The molecule has 2 heterocycles. The average Bonchev–Trinajstić information content (AvgIpc) is 3.37. The van der Waals surface area contributed by atoms with E-state index < -0.39 is 10.0 Å². The molecule has 29 heavy (non-hydrogen) atoms. The van der Waals surface area contributed by atoms with Crippen molar-refractivity contribution in [1.29, 1.82) is 0 Å². The van der Waals surface area contributed by atoms with Crippen molar-refractivity contribution >= 4 is 54.9 Å². The highest BCUT2D eigenvalue weighted by Crippen LogP contribution is 2.24. The molecule has 0 fully saturated rings. The van der Waals surface area contributed by atoms with E-state index in [9.17, 15) is 13.2 Å². The molecular formula is C20H16N4O3S2. The number of para-hydroxylation sites is 2. The lowest BCUT2D eigenvalue weighted by Gasteiger charge is -2.05. The van der Waals surface area contributed by atoms with Crippen molar-refractivity contribution in [1.82, 2.24) is 8.96 Å². The van der Waals surface area contributed by atoms with Crippen LogP contribution in [0.1, 0.15) is 5.56 Å². The number of anilines is 2. The van der Waals surface area contributed by atoms with E-state index >= 15 is 0 Å². The Kier molecular flexibility index (Phi) is 4.91. The maximum Gasteiger partial charge on any atom is 0.267 e. The van der Waals surface area contributed by atoms with Crippen LogP contribution < -0.4 is 11.1 Å². The molecule has 0 spiro atoms. The van der Waals surface area contributed by atoms with Gasteiger partial charge in [-0.3, -0.25) is 4.79 Å². The zero-order valence-corrected chi connectivity index (χ0v) is 16.7. The second-order valence-corrected chi connectivity index (χ2v) is 8.90. The molecular weight excluding hydrogens is 408 g/mol. The van der Waals surface area contributed by atoms with Crippen LogP contribution in [-0.4, -0.2) is 23.3 Å². The Morgan fingerprint density at radius 3 is 2.83 bits per heavy atom. The highest BCUT2D eigenvalue weighted by Gasteiger charge is 2.17. The van der Waals surface area contributed by atoms with E-state index in [2.05, 4.69) is 10.3 Å². The molecule has 146 valence electrons. The van der Waals surface area contributed by atoms with Gasteiger partial charge in [-0.15, -0.1) is 11.3 Å². The predicted octanol–water partition coefficient (Wildman–Crippen LogP) is 3.57. The van der Waals surface area contributed by atoms with Gasteiger partial charge in [0.1, 0.15) is 0 Å². The third kappa shape index (κ3) is 3.91. The molecule has 0 aliphatic carbocycles. The molecule has 0 saturated carbocycles. The smallest absolute Gasteiger partial charge is 0.267 e. The zero-order valence-electron chi connectivity index (χ0n) is 15.0. The molecule has 9 heteroatoms. The number of hydrogen-bond acceptors (Lipinski definition) is 6. The van der Waals surface area contributed by atoms with Crippen molar-refractivity contribution in [3.8, 4) is 0 Å². The van der Waals surface area contributed by atoms with Gasteiger partial charge in [0, 0.05) is 18.5 Å². The maximum atomic E-state index is 12.9. The number of nitrogen functional groups attached to an aromatic ring is 1. The van der Waals surface area contributed by atoms with Gasteiger partial charge in [-0.05, 0) is 48.0 Å². The Labute approximate surface area is 171 Å². The summed E-state index contributed by atoms with van der Waals surface area (Å²) in [6, 6.07) is 13.4. The Bertz CT molecular complexity index is 1340. The lowest BCUT2D eigenvalue weighted by Crippen LogP contribution is -2.10. The monoisotopic (exact) mass is 424 g/mol. The van der Waals surface area contributed by atoms with Crippen LogP contribution in [0, 0.1) is 0 Å². The van der Waals surface area contributed by atoms with Crippen LogP contribution in [0.4, 0.5) is 11.4 Å². The van der Waals surface area contributed by atoms with Gasteiger partial charge in [-0.2, -0.15) is 0 Å².